The van der Waals surface area contributed by atoms with Crippen LogP contribution in [-0.4, -0.2) is 9.97 Å². The highest BCUT2D eigenvalue weighted by Crippen LogP contribution is 2.22. The van der Waals surface area contributed by atoms with E-state index in [1.807, 2.05) is 44.2 Å². The largest absolute Gasteiger partial charge is 0.245 e. The van der Waals surface area contributed by atoms with Crippen molar-refractivity contribution in [3.8, 4) is 11.8 Å². The molecule has 36 heavy (non-hydrogen) atoms. The molecule has 0 aliphatic carbocycles. The molecule has 2 aromatic carbocycles. The van der Waals surface area contributed by atoms with Gasteiger partial charge in [0.05, 0.1) is 11.4 Å². The van der Waals surface area contributed by atoms with E-state index >= 15 is 0 Å². The summed E-state index contributed by atoms with van der Waals surface area (Å²) in [6.07, 6.45) is 13.0. The molecule has 4 nitrogen and oxygen atoms in total. The fraction of sp³-hybridized carbons (Fsp3) is 0.312. The Hall–Kier alpha value is -3.84. The Morgan fingerprint density at radius 3 is 2.22 bits per heavy atom. The number of unbranched alkanes of at least 4 members (excludes halogenated alkanes) is 5. The zero-order chi connectivity index (χ0) is 25.6. The first-order chi connectivity index (χ1) is 17.5. The van der Waals surface area contributed by atoms with Crippen LogP contribution >= 0.6 is 0 Å². The molecule has 0 unspecified atom stereocenters. The van der Waals surface area contributed by atoms with E-state index in [9.17, 15) is 0 Å². The first kappa shape index (κ1) is 26.8. The maximum atomic E-state index is 4.40. The van der Waals surface area contributed by atoms with Crippen LogP contribution < -0.4 is 0 Å². The van der Waals surface area contributed by atoms with Crippen LogP contribution in [0, 0.1) is 18.8 Å². The van der Waals surface area contributed by atoms with E-state index in [0.29, 0.717) is 5.69 Å². The highest BCUT2D eigenvalue weighted by atomic mass is 15.1. The minimum atomic E-state index is 0.702. The molecule has 3 rings (SSSR count). The average molecular weight is 477 g/mol. The van der Waals surface area contributed by atoms with Crippen molar-refractivity contribution in [1.82, 2.24) is 9.97 Å². The van der Waals surface area contributed by atoms with Crippen LogP contribution in [0.5, 0.6) is 0 Å². The second kappa shape index (κ2) is 14.5. The molecule has 0 spiro atoms. The van der Waals surface area contributed by atoms with Crippen LogP contribution in [0.1, 0.15) is 74.3 Å². The van der Waals surface area contributed by atoms with Crippen LogP contribution in [0.15, 0.2) is 95.6 Å². The third kappa shape index (κ3) is 9.43. The number of nitrogens with zero attached hydrogens (tertiary/aromatic N) is 4. The lowest BCUT2D eigenvalue weighted by molar-refractivity contribution is 0.594. The maximum absolute atomic E-state index is 4.40. The second-order valence-corrected chi connectivity index (χ2v) is 9.22. The SMILES string of the molecule is C=C(C)C(=C)CCCCCCCCc1ccc(N=Nc2ccc(C#Cc3ccncn3)c(C)c2)cc1. The molecule has 0 aliphatic rings. The van der Waals surface area contributed by atoms with Gasteiger partial charge in [0.25, 0.3) is 0 Å². The number of hydrogen-bond donors (Lipinski definition) is 0. The van der Waals surface area contributed by atoms with Gasteiger partial charge >= 0.3 is 0 Å². The molecule has 0 aliphatic heterocycles. The third-order valence-corrected chi connectivity index (χ3v) is 6.13. The summed E-state index contributed by atoms with van der Waals surface area (Å²) in [4.78, 5) is 8.04. The van der Waals surface area contributed by atoms with Gasteiger partial charge in [0.2, 0.25) is 0 Å². The Balaban J connectivity index is 1.39. The quantitative estimate of drug-likeness (QED) is 0.113. The van der Waals surface area contributed by atoms with Crippen molar-refractivity contribution in [2.75, 3.05) is 0 Å². The van der Waals surface area contributed by atoms with Gasteiger partial charge in [-0.05, 0) is 93.0 Å². The number of hydrogen-bond acceptors (Lipinski definition) is 4. The zero-order valence-corrected chi connectivity index (χ0v) is 21.6. The van der Waals surface area contributed by atoms with Crippen LogP contribution in [0.4, 0.5) is 11.4 Å². The Morgan fingerprint density at radius 2 is 1.53 bits per heavy atom. The van der Waals surface area contributed by atoms with Gasteiger partial charge in [-0.1, -0.05) is 68.0 Å². The van der Waals surface area contributed by atoms with E-state index in [1.54, 1.807) is 12.3 Å². The first-order valence-electron chi connectivity index (χ1n) is 12.7. The van der Waals surface area contributed by atoms with E-state index in [1.165, 1.54) is 56.0 Å². The molecule has 0 atom stereocenters. The lowest BCUT2D eigenvalue weighted by Gasteiger charge is -2.05. The van der Waals surface area contributed by atoms with Gasteiger partial charge in [0.1, 0.15) is 12.0 Å². The molecule has 0 amide bonds. The fourth-order valence-corrected chi connectivity index (χ4v) is 3.78. The lowest BCUT2D eigenvalue weighted by atomic mass is 10.0. The monoisotopic (exact) mass is 476 g/mol. The van der Waals surface area contributed by atoms with Crippen molar-refractivity contribution in [2.45, 2.75) is 65.2 Å². The highest BCUT2D eigenvalue weighted by Gasteiger charge is 2.00. The average Bonchev–Trinajstić information content (AvgIpc) is 2.89. The summed E-state index contributed by atoms with van der Waals surface area (Å²) in [6, 6.07) is 16.1. The fourth-order valence-electron chi connectivity index (χ4n) is 3.78. The molecular formula is C32H36N4. The van der Waals surface area contributed by atoms with Crippen molar-refractivity contribution < 1.29 is 0 Å². The van der Waals surface area contributed by atoms with Gasteiger partial charge in [-0.3, -0.25) is 0 Å². The zero-order valence-electron chi connectivity index (χ0n) is 21.6. The summed E-state index contributed by atoms with van der Waals surface area (Å²) in [5.41, 5.74) is 8.06. The maximum Gasteiger partial charge on any atom is 0.116 e. The van der Waals surface area contributed by atoms with Crippen molar-refractivity contribution in [3.63, 3.8) is 0 Å². The summed E-state index contributed by atoms with van der Waals surface area (Å²) in [5, 5.41) is 8.81. The smallest absolute Gasteiger partial charge is 0.116 e. The topological polar surface area (TPSA) is 50.5 Å². The molecule has 0 fully saturated rings. The number of aryl methyl sites for hydroxylation is 2. The number of aromatic nitrogens is 2. The first-order valence-corrected chi connectivity index (χ1v) is 12.7. The van der Waals surface area contributed by atoms with Crippen LogP contribution in [0.2, 0.25) is 0 Å². The number of rotatable bonds is 12. The Morgan fingerprint density at radius 1 is 0.833 bits per heavy atom. The number of benzene rings is 2. The van der Waals surface area contributed by atoms with E-state index in [-0.39, 0.29) is 0 Å². The lowest BCUT2D eigenvalue weighted by Crippen LogP contribution is -1.87. The molecule has 0 saturated heterocycles. The highest BCUT2D eigenvalue weighted by molar-refractivity contribution is 5.51. The van der Waals surface area contributed by atoms with Gasteiger partial charge in [0.15, 0.2) is 0 Å². The molecular weight excluding hydrogens is 440 g/mol. The van der Waals surface area contributed by atoms with E-state index in [2.05, 4.69) is 57.3 Å². The Kier molecular flexibility index (Phi) is 10.8. The number of allylic oxidation sites excluding steroid dienone is 2. The normalized spacial score (nSPS) is 10.7. The molecule has 0 radical (unpaired) electrons. The predicted molar refractivity (Wildman–Crippen MR) is 150 cm³/mol. The second-order valence-electron chi connectivity index (χ2n) is 9.22. The molecule has 1 heterocycles. The molecule has 0 bridgehead atoms. The Bertz CT molecular complexity index is 1230. The third-order valence-electron chi connectivity index (χ3n) is 6.13. The minimum absolute atomic E-state index is 0.702. The molecule has 1 aromatic heterocycles. The molecule has 4 heteroatoms. The van der Waals surface area contributed by atoms with Gasteiger partial charge in [-0.25, -0.2) is 9.97 Å². The Labute approximate surface area is 216 Å². The summed E-state index contributed by atoms with van der Waals surface area (Å²) in [7, 11) is 0. The molecule has 0 saturated carbocycles. The number of azo groups is 1. The van der Waals surface area contributed by atoms with Crippen LogP contribution in [0.25, 0.3) is 0 Å². The van der Waals surface area contributed by atoms with Crippen molar-refractivity contribution in [2.24, 2.45) is 10.2 Å². The van der Waals surface area contributed by atoms with Gasteiger partial charge < -0.3 is 0 Å². The summed E-state index contributed by atoms with van der Waals surface area (Å²) >= 11 is 0. The van der Waals surface area contributed by atoms with Gasteiger partial charge in [0, 0.05) is 11.8 Å². The summed E-state index contributed by atoms with van der Waals surface area (Å²) < 4.78 is 0. The minimum Gasteiger partial charge on any atom is -0.245 e. The molecule has 0 N–H and O–H groups in total. The summed E-state index contributed by atoms with van der Waals surface area (Å²) in [5.74, 6) is 6.22. The van der Waals surface area contributed by atoms with E-state index in [0.717, 1.165) is 40.9 Å². The van der Waals surface area contributed by atoms with Crippen molar-refractivity contribution >= 4 is 11.4 Å². The molecule has 3 aromatic rings. The van der Waals surface area contributed by atoms with E-state index < -0.39 is 0 Å². The van der Waals surface area contributed by atoms with Gasteiger partial charge in [-0.15, -0.1) is 0 Å². The van der Waals surface area contributed by atoms with Crippen LogP contribution in [-0.2, 0) is 6.42 Å². The predicted octanol–water partition coefficient (Wildman–Crippen LogP) is 9.01. The standard InChI is InChI=1S/C32H36N4/c1-25(2)26(3)11-9-7-5-6-8-10-12-28-13-17-31(18-14-28)35-36-32-20-16-29(27(4)23-32)15-19-30-21-22-33-24-34-30/h13-14,16-18,20-24H,1,3,5-12H2,2,4H3. The summed E-state index contributed by atoms with van der Waals surface area (Å²) in [6.45, 7) is 12.1. The van der Waals surface area contributed by atoms with Crippen molar-refractivity contribution in [3.05, 3.63) is 108 Å². The van der Waals surface area contributed by atoms with Crippen LogP contribution in [0.3, 0.4) is 0 Å². The van der Waals surface area contributed by atoms with Gasteiger partial charge in [-0.2, -0.15) is 10.2 Å². The molecule has 184 valence electrons. The van der Waals surface area contributed by atoms with Crippen molar-refractivity contribution in [1.29, 1.82) is 0 Å². The van der Waals surface area contributed by atoms with E-state index in [4.69, 9.17) is 0 Å².